The molecule has 2 amide bonds. The van der Waals surface area contributed by atoms with Crippen LogP contribution in [0.2, 0.25) is 5.02 Å². The Morgan fingerprint density at radius 1 is 1.30 bits per heavy atom. The summed E-state index contributed by atoms with van der Waals surface area (Å²) in [4.78, 5) is 23.5. The summed E-state index contributed by atoms with van der Waals surface area (Å²) < 4.78 is 5.20. The topological polar surface area (TPSA) is 93.2 Å². The van der Waals surface area contributed by atoms with Gasteiger partial charge in [0.05, 0.1) is 23.4 Å². The Kier molecular flexibility index (Phi) is 5.51. The number of carbonyl (C=O) groups excluding carboxylic acids is 2. The molecule has 1 aromatic carbocycles. The molecule has 1 heterocycles. The molecule has 0 radical (unpaired) electrons. The highest BCUT2D eigenvalue weighted by Gasteiger charge is 2.18. The molecule has 0 saturated carbocycles. The summed E-state index contributed by atoms with van der Waals surface area (Å²) in [5, 5.41) is 14.5. The summed E-state index contributed by atoms with van der Waals surface area (Å²) in [6, 6.07) is 2.93. The van der Waals surface area contributed by atoms with E-state index in [4.69, 9.17) is 16.3 Å². The molecule has 1 aromatic heterocycles. The molecular weight excluding hydrogens is 340 g/mol. The van der Waals surface area contributed by atoms with Crippen LogP contribution in [0.25, 0.3) is 0 Å². The van der Waals surface area contributed by atoms with Crippen molar-refractivity contribution in [2.45, 2.75) is 20.3 Å². The second kappa shape index (κ2) is 7.38. The molecule has 7 nitrogen and oxygen atoms in total. The number of ether oxygens (including phenoxy) is 1. The van der Waals surface area contributed by atoms with Crippen LogP contribution in [0.3, 0.4) is 0 Å². The number of nitrogens with one attached hydrogen (secondary N) is 2. The van der Waals surface area contributed by atoms with Crippen LogP contribution < -0.4 is 15.4 Å². The number of amides is 2. The van der Waals surface area contributed by atoms with Gasteiger partial charge in [-0.2, -0.15) is 0 Å². The minimum absolute atomic E-state index is 0.234. The normalized spacial score (nSPS) is 10.3. The van der Waals surface area contributed by atoms with Crippen LogP contribution in [0.15, 0.2) is 12.1 Å². The lowest BCUT2D eigenvalue weighted by Gasteiger charge is -2.12. The van der Waals surface area contributed by atoms with Gasteiger partial charge < -0.3 is 10.1 Å². The van der Waals surface area contributed by atoms with Gasteiger partial charge in [-0.15, -0.1) is 10.2 Å². The van der Waals surface area contributed by atoms with Gasteiger partial charge in [-0.05, 0) is 12.5 Å². The lowest BCUT2D eigenvalue weighted by molar-refractivity contribution is -0.114. The number of anilines is 2. The summed E-state index contributed by atoms with van der Waals surface area (Å²) in [7, 11) is 1.43. The maximum atomic E-state index is 12.4. The van der Waals surface area contributed by atoms with Crippen LogP contribution in [-0.2, 0) is 11.2 Å². The first-order chi connectivity index (χ1) is 10.9. The Bertz CT molecular complexity index is 748. The highest BCUT2D eigenvalue weighted by atomic mass is 35.5. The van der Waals surface area contributed by atoms with Crippen LogP contribution in [0.4, 0.5) is 10.8 Å². The van der Waals surface area contributed by atoms with Gasteiger partial charge in [0.1, 0.15) is 10.8 Å². The molecule has 0 aliphatic heterocycles. The average Bonchev–Trinajstić information content (AvgIpc) is 2.96. The molecule has 23 heavy (non-hydrogen) atoms. The Morgan fingerprint density at radius 2 is 2.04 bits per heavy atom. The first-order valence-electron chi connectivity index (χ1n) is 6.73. The van der Waals surface area contributed by atoms with Crippen LogP contribution >= 0.6 is 22.9 Å². The number of benzene rings is 1. The van der Waals surface area contributed by atoms with E-state index in [0.29, 0.717) is 10.8 Å². The molecule has 0 bridgehead atoms. The van der Waals surface area contributed by atoms with Gasteiger partial charge in [-0.1, -0.05) is 29.9 Å². The van der Waals surface area contributed by atoms with E-state index in [0.717, 1.165) is 11.4 Å². The molecule has 2 aromatic rings. The second-order valence-corrected chi connectivity index (χ2v) is 5.99. The summed E-state index contributed by atoms with van der Waals surface area (Å²) in [5.74, 6) is -0.403. The van der Waals surface area contributed by atoms with Crippen LogP contribution in [-0.4, -0.2) is 29.1 Å². The first kappa shape index (κ1) is 17.2. The van der Waals surface area contributed by atoms with Crippen molar-refractivity contribution in [1.82, 2.24) is 10.2 Å². The molecule has 0 unspecified atom stereocenters. The van der Waals surface area contributed by atoms with Crippen molar-refractivity contribution < 1.29 is 14.3 Å². The third-order valence-corrected chi connectivity index (χ3v) is 4.13. The van der Waals surface area contributed by atoms with Gasteiger partial charge >= 0.3 is 0 Å². The quantitative estimate of drug-likeness (QED) is 0.861. The minimum atomic E-state index is -0.420. The van der Waals surface area contributed by atoms with Crippen LogP contribution in [0.1, 0.15) is 29.2 Å². The van der Waals surface area contributed by atoms with Gasteiger partial charge in [0.25, 0.3) is 5.91 Å². The van der Waals surface area contributed by atoms with E-state index in [9.17, 15) is 9.59 Å². The maximum Gasteiger partial charge on any atom is 0.261 e. The van der Waals surface area contributed by atoms with Gasteiger partial charge in [0.2, 0.25) is 11.0 Å². The van der Waals surface area contributed by atoms with Crippen molar-refractivity contribution in [3.05, 3.63) is 27.7 Å². The van der Waals surface area contributed by atoms with Gasteiger partial charge in [0.15, 0.2) is 0 Å². The van der Waals surface area contributed by atoms with Crippen molar-refractivity contribution in [3.63, 3.8) is 0 Å². The maximum absolute atomic E-state index is 12.4. The van der Waals surface area contributed by atoms with Crippen molar-refractivity contribution in [3.8, 4) is 5.75 Å². The Hall–Kier alpha value is -2.19. The zero-order chi connectivity index (χ0) is 17.0. The molecule has 0 atom stereocenters. The molecule has 122 valence electrons. The third kappa shape index (κ3) is 4.17. The molecule has 0 spiro atoms. The van der Waals surface area contributed by atoms with E-state index in [1.807, 2.05) is 6.92 Å². The molecule has 0 aliphatic rings. The van der Waals surface area contributed by atoms with E-state index in [1.165, 1.54) is 37.5 Å². The van der Waals surface area contributed by atoms with E-state index >= 15 is 0 Å². The number of carbonyl (C=O) groups is 2. The SMILES string of the molecule is CCc1nnc(NC(=O)c2cc(Cl)c(NC(C)=O)cc2OC)s1. The predicted octanol–water partition coefficient (Wildman–Crippen LogP) is 2.97. The smallest absolute Gasteiger partial charge is 0.261 e. The highest BCUT2D eigenvalue weighted by molar-refractivity contribution is 7.15. The number of rotatable bonds is 5. The molecule has 0 aliphatic carbocycles. The lowest BCUT2D eigenvalue weighted by atomic mass is 10.1. The number of aryl methyl sites for hydroxylation is 1. The van der Waals surface area contributed by atoms with Crippen LogP contribution in [0, 0.1) is 0 Å². The van der Waals surface area contributed by atoms with Crippen LogP contribution in [0.5, 0.6) is 5.75 Å². The van der Waals surface area contributed by atoms with Gasteiger partial charge in [-0.25, -0.2) is 0 Å². The number of hydrogen-bond donors (Lipinski definition) is 2. The van der Waals surface area contributed by atoms with Crippen molar-refractivity contribution in [2.75, 3.05) is 17.7 Å². The van der Waals surface area contributed by atoms with Crippen molar-refractivity contribution in [2.24, 2.45) is 0 Å². The first-order valence-corrected chi connectivity index (χ1v) is 7.92. The average molecular weight is 355 g/mol. The zero-order valence-electron chi connectivity index (χ0n) is 12.8. The lowest BCUT2D eigenvalue weighted by Crippen LogP contribution is -2.14. The summed E-state index contributed by atoms with van der Waals surface area (Å²) in [5.41, 5.74) is 0.608. The molecule has 2 N–H and O–H groups in total. The molecular formula is C14H15ClN4O3S. The molecule has 9 heteroatoms. The summed E-state index contributed by atoms with van der Waals surface area (Å²) in [6.07, 6.45) is 0.744. The fraction of sp³-hybridized carbons (Fsp3) is 0.286. The predicted molar refractivity (Wildman–Crippen MR) is 89.5 cm³/mol. The Labute approximate surface area is 142 Å². The fourth-order valence-electron chi connectivity index (χ4n) is 1.80. The van der Waals surface area contributed by atoms with E-state index < -0.39 is 5.91 Å². The fourth-order valence-corrected chi connectivity index (χ4v) is 2.68. The standard InChI is InChI=1S/C14H15ClN4O3S/c1-4-12-18-19-14(23-12)17-13(21)8-5-9(15)10(16-7(2)20)6-11(8)22-3/h5-6H,4H2,1-3H3,(H,16,20)(H,17,19,21). The van der Waals surface area contributed by atoms with E-state index in [-0.39, 0.29) is 22.2 Å². The Morgan fingerprint density at radius 3 is 2.61 bits per heavy atom. The minimum Gasteiger partial charge on any atom is -0.496 e. The van der Waals surface area contributed by atoms with Crippen molar-refractivity contribution in [1.29, 1.82) is 0 Å². The molecule has 2 rings (SSSR count). The number of aromatic nitrogens is 2. The van der Waals surface area contributed by atoms with Gasteiger partial charge in [0, 0.05) is 13.0 Å². The zero-order valence-corrected chi connectivity index (χ0v) is 14.3. The Balaban J connectivity index is 2.28. The number of hydrogen-bond acceptors (Lipinski definition) is 6. The number of methoxy groups -OCH3 is 1. The summed E-state index contributed by atoms with van der Waals surface area (Å²) in [6.45, 7) is 3.32. The van der Waals surface area contributed by atoms with Crippen molar-refractivity contribution >= 4 is 45.6 Å². The number of halogens is 1. The summed E-state index contributed by atoms with van der Waals surface area (Å²) >= 11 is 7.40. The third-order valence-electron chi connectivity index (χ3n) is 2.83. The van der Waals surface area contributed by atoms with Gasteiger partial charge in [-0.3, -0.25) is 14.9 Å². The van der Waals surface area contributed by atoms with E-state index in [1.54, 1.807) is 0 Å². The monoisotopic (exact) mass is 354 g/mol. The highest BCUT2D eigenvalue weighted by Crippen LogP contribution is 2.31. The molecule has 0 fully saturated rings. The number of nitrogens with zero attached hydrogens (tertiary/aromatic N) is 2. The second-order valence-electron chi connectivity index (χ2n) is 4.52. The largest absolute Gasteiger partial charge is 0.496 e. The molecule has 0 saturated heterocycles. The van der Waals surface area contributed by atoms with E-state index in [2.05, 4.69) is 20.8 Å².